The van der Waals surface area contributed by atoms with Gasteiger partial charge in [0.15, 0.2) is 0 Å². The number of hydrogen-bond donors (Lipinski definition) is 2. The van der Waals surface area contributed by atoms with Gasteiger partial charge < -0.3 is 15.2 Å². The molecule has 3 aromatic carbocycles. The number of thiazole rings is 1. The number of ether oxygens (including phenoxy) is 1. The maximum absolute atomic E-state index is 14.8. The number of benzene rings is 3. The van der Waals surface area contributed by atoms with Crippen LogP contribution in [0.25, 0.3) is 21.3 Å². The van der Waals surface area contributed by atoms with E-state index in [4.69, 9.17) is 4.74 Å². The van der Waals surface area contributed by atoms with E-state index < -0.39 is 23.2 Å². The molecule has 0 saturated heterocycles. The Bertz CT molecular complexity index is 1340. The summed E-state index contributed by atoms with van der Waals surface area (Å²) in [6.07, 6.45) is 0. The van der Waals surface area contributed by atoms with Gasteiger partial charge in [0.05, 0.1) is 11.3 Å². The maximum Gasteiger partial charge on any atom is 0.328 e. The van der Waals surface area contributed by atoms with Crippen LogP contribution in [0.3, 0.4) is 0 Å². The number of carbonyl (C=O) groups is 2. The van der Waals surface area contributed by atoms with E-state index >= 15 is 0 Å². The Labute approximate surface area is 193 Å². The Hall–Kier alpha value is -3.78. The third-order valence-corrected chi connectivity index (χ3v) is 6.03. The molecular formula is C25H21FN2O4S. The smallest absolute Gasteiger partial charge is 0.328 e. The summed E-state index contributed by atoms with van der Waals surface area (Å²) in [5, 5.41) is 15.2. The monoisotopic (exact) mass is 464 g/mol. The molecule has 0 atom stereocenters. The SMILES string of the molecule is CC(C)(NC(=O)c1cc(F)c2ccccc2c1OCc1csc(-c2ccccc2)n1)C(=O)O. The molecule has 0 radical (unpaired) electrons. The summed E-state index contributed by atoms with van der Waals surface area (Å²) < 4.78 is 20.8. The van der Waals surface area contributed by atoms with Gasteiger partial charge in [0.25, 0.3) is 5.91 Å². The van der Waals surface area contributed by atoms with Gasteiger partial charge >= 0.3 is 5.97 Å². The van der Waals surface area contributed by atoms with Crippen molar-refractivity contribution >= 4 is 34.0 Å². The first-order valence-electron chi connectivity index (χ1n) is 10.2. The van der Waals surface area contributed by atoms with Gasteiger partial charge in [-0.05, 0) is 19.9 Å². The van der Waals surface area contributed by atoms with Crippen molar-refractivity contribution in [3.05, 3.63) is 83.1 Å². The molecule has 0 fully saturated rings. The topological polar surface area (TPSA) is 88.5 Å². The Morgan fingerprint density at radius 2 is 1.76 bits per heavy atom. The zero-order chi connectivity index (χ0) is 23.6. The fourth-order valence-corrected chi connectivity index (χ4v) is 4.08. The highest BCUT2D eigenvalue weighted by atomic mass is 32.1. The predicted octanol–water partition coefficient (Wildman–Crippen LogP) is 5.27. The molecule has 33 heavy (non-hydrogen) atoms. The molecule has 0 aliphatic rings. The number of carbonyl (C=O) groups excluding carboxylic acids is 1. The van der Waals surface area contributed by atoms with Crippen LogP contribution in [0.15, 0.2) is 66.0 Å². The van der Waals surface area contributed by atoms with Gasteiger partial charge in [-0.2, -0.15) is 0 Å². The van der Waals surface area contributed by atoms with E-state index in [0.29, 0.717) is 16.5 Å². The number of halogens is 1. The first-order valence-corrected chi connectivity index (χ1v) is 11.0. The van der Waals surface area contributed by atoms with Crippen molar-refractivity contribution in [2.24, 2.45) is 0 Å². The summed E-state index contributed by atoms with van der Waals surface area (Å²) >= 11 is 1.47. The zero-order valence-electron chi connectivity index (χ0n) is 18.0. The van der Waals surface area contributed by atoms with Crippen LogP contribution >= 0.6 is 11.3 Å². The van der Waals surface area contributed by atoms with E-state index in [-0.39, 0.29) is 17.9 Å². The second-order valence-electron chi connectivity index (χ2n) is 7.96. The van der Waals surface area contributed by atoms with Crippen LogP contribution in [0.1, 0.15) is 29.9 Å². The van der Waals surface area contributed by atoms with Crippen molar-refractivity contribution in [3.63, 3.8) is 0 Å². The number of hydrogen-bond acceptors (Lipinski definition) is 5. The summed E-state index contributed by atoms with van der Waals surface area (Å²) in [4.78, 5) is 29.0. The van der Waals surface area contributed by atoms with Gasteiger partial charge in [0, 0.05) is 21.7 Å². The quantitative estimate of drug-likeness (QED) is 0.389. The highest BCUT2D eigenvalue weighted by Crippen LogP contribution is 2.33. The van der Waals surface area contributed by atoms with E-state index in [1.165, 1.54) is 25.2 Å². The molecule has 8 heteroatoms. The lowest BCUT2D eigenvalue weighted by Crippen LogP contribution is -2.49. The number of amides is 1. The minimum Gasteiger partial charge on any atom is -0.486 e. The van der Waals surface area contributed by atoms with Crippen molar-refractivity contribution in [3.8, 4) is 16.3 Å². The molecule has 0 unspecified atom stereocenters. The van der Waals surface area contributed by atoms with Crippen LogP contribution in [0.2, 0.25) is 0 Å². The van der Waals surface area contributed by atoms with E-state index in [1.54, 1.807) is 24.3 Å². The first-order chi connectivity index (χ1) is 15.8. The van der Waals surface area contributed by atoms with E-state index in [0.717, 1.165) is 16.6 Å². The lowest BCUT2D eigenvalue weighted by atomic mass is 10.0. The number of aliphatic carboxylic acids is 1. The Balaban J connectivity index is 1.68. The lowest BCUT2D eigenvalue weighted by Gasteiger charge is -2.22. The number of fused-ring (bicyclic) bond motifs is 1. The Morgan fingerprint density at radius 1 is 1.09 bits per heavy atom. The molecular weight excluding hydrogens is 443 g/mol. The van der Waals surface area contributed by atoms with Gasteiger partial charge in [0.2, 0.25) is 0 Å². The standard InChI is InChI=1S/C25H21FN2O4S/c1-25(2,24(30)31)28-22(29)19-12-20(26)17-10-6-7-11-18(17)21(19)32-13-16-14-33-23(27-16)15-8-4-3-5-9-15/h3-12,14H,13H2,1-2H3,(H,28,29)(H,30,31). The average molecular weight is 465 g/mol. The minimum absolute atomic E-state index is 0.0571. The van der Waals surface area contributed by atoms with Crippen LogP contribution in [0.4, 0.5) is 4.39 Å². The number of rotatable bonds is 7. The van der Waals surface area contributed by atoms with Crippen molar-refractivity contribution in [1.29, 1.82) is 0 Å². The van der Waals surface area contributed by atoms with Gasteiger partial charge in [-0.25, -0.2) is 14.2 Å². The molecule has 1 aromatic heterocycles. The highest BCUT2D eigenvalue weighted by Gasteiger charge is 2.31. The number of carboxylic acid groups (broad SMARTS) is 1. The first kappa shape index (κ1) is 22.4. The van der Waals surface area contributed by atoms with Crippen LogP contribution in [-0.4, -0.2) is 27.5 Å². The molecule has 4 aromatic rings. The molecule has 0 aliphatic carbocycles. The summed E-state index contributed by atoms with van der Waals surface area (Å²) in [6, 6.07) is 17.4. The fraction of sp³-hybridized carbons (Fsp3) is 0.160. The largest absolute Gasteiger partial charge is 0.486 e. The average Bonchev–Trinajstić information content (AvgIpc) is 3.27. The molecule has 0 aliphatic heterocycles. The van der Waals surface area contributed by atoms with Gasteiger partial charge in [0.1, 0.15) is 28.7 Å². The Morgan fingerprint density at radius 3 is 2.45 bits per heavy atom. The maximum atomic E-state index is 14.8. The number of aromatic nitrogens is 1. The molecule has 168 valence electrons. The molecule has 1 amide bonds. The van der Waals surface area contributed by atoms with Crippen LogP contribution in [0, 0.1) is 5.82 Å². The van der Waals surface area contributed by atoms with Crippen molar-refractivity contribution in [1.82, 2.24) is 10.3 Å². The minimum atomic E-state index is -1.55. The number of nitrogens with zero attached hydrogens (tertiary/aromatic N) is 1. The van der Waals surface area contributed by atoms with Gasteiger partial charge in [-0.3, -0.25) is 4.79 Å². The summed E-state index contributed by atoms with van der Waals surface area (Å²) in [6.45, 7) is 2.76. The molecule has 0 saturated carbocycles. The number of nitrogens with one attached hydrogen (secondary N) is 1. The highest BCUT2D eigenvalue weighted by molar-refractivity contribution is 7.13. The molecule has 0 bridgehead atoms. The van der Waals surface area contributed by atoms with Gasteiger partial charge in [-0.1, -0.05) is 54.6 Å². The zero-order valence-corrected chi connectivity index (χ0v) is 18.8. The third-order valence-electron chi connectivity index (χ3n) is 5.09. The van der Waals surface area contributed by atoms with Crippen molar-refractivity contribution < 1.29 is 23.8 Å². The normalized spacial score (nSPS) is 11.4. The second-order valence-corrected chi connectivity index (χ2v) is 8.82. The Kier molecular flexibility index (Phi) is 6.11. The van der Waals surface area contributed by atoms with Crippen molar-refractivity contribution in [2.75, 3.05) is 0 Å². The van der Waals surface area contributed by atoms with E-state index in [1.807, 2.05) is 35.7 Å². The number of carboxylic acids is 1. The van der Waals surface area contributed by atoms with Crippen molar-refractivity contribution in [2.45, 2.75) is 26.0 Å². The van der Waals surface area contributed by atoms with Gasteiger partial charge in [-0.15, -0.1) is 11.3 Å². The predicted molar refractivity (Wildman–Crippen MR) is 125 cm³/mol. The van der Waals surface area contributed by atoms with E-state index in [9.17, 15) is 19.1 Å². The molecule has 4 rings (SSSR count). The molecule has 1 heterocycles. The molecule has 0 spiro atoms. The fourth-order valence-electron chi connectivity index (χ4n) is 3.27. The molecule has 6 nitrogen and oxygen atoms in total. The van der Waals surface area contributed by atoms with Crippen LogP contribution < -0.4 is 10.1 Å². The lowest BCUT2D eigenvalue weighted by molar-refractivity contribution is -0.143. The van der Waals surface area contributed by atoms with Crippen LogP contribution in [0.5, 0.6) is 5.75 Å². The summed E-state index contributed by atoms with van der Waals surface area (Å²) in [5.74, 6) is -2.39. The van der Waals surface area contributed by atoms with Crippen LogP contribution in [-0.2, 0) is 11.4 Å². The second kappa shape index (κ2) is 8.99. The van der Waals surface area contributed by atoms with E-state index in [2.05, 4.69) is 10.3 Å². The molecule has 2 N–H and O–H groups in total. The third kappa shape index (κ3) is 4.70. The summed E-state index contributed by atoms with van der Waals surface area (Å²) in [5.41, 5.74) is 0.0103. The summed E-state index contributed by atoms with van der Waals surface area (Å²) in [7, 11) is 0.